The number of unbranched alkanes of at least 4 members (excludes halogenated alkanes) is 17. The lowest BCUT2D eigenvalue weighted by Gasteiger charge is -2.18. The summed E-state index contributed by atoms with van der Waals surface area (Å²) < 4.78 is 16.7. The average Bonchev–Trinajstić information content (AvgIpc) is 3.43. The van der Waals surface area contributed by atoms with Crippen LogP contribution in [0.5, 0.6) is 0 Å². The van der Waals surface area contributed by atoms with Crippen LogP contribution in [0.3, 0.4) is 0 Å². The number of hydrogen-bond donors (Lipinski definition) is 0. The Balaban J connectivity index is 4.10. The fourth-order valence-electron chi connectivity index (χ4n) is 7.95. The molecule has 0 aromatic rings. The van der Waals surface area contributed by atoms with Gasteiger partial charge in [-0.05, 0) is 128 Å². The molecule has 0 saturated heterocycles. The highest BCUT2D eigenvalue weighted by molar-refractivity contribution is 5.71. The minimum Gasteiger partial charge on any atom is -0.462 e. The van der Waals surface area contributed by atoms with E-state index in [0.29, 0.717) is 12.8 Å². The zero-order valence-electron chi connectivity index (χ0n) is 49.4. The monoisotopic (exact) mass is 1060 g/mol. The number of hydrogen-bond acceptors (Lipinski definition) is 6. The highest BCUT2D eigenvalue weighted by Gasteiger charge is 2.19. The molecule has 0 aromatic heterocycles. The molecular weight excluding hydrogens is 949 g/mol. The van der Waals surface area contributed by atoms with Crippen LogP contribution in [0.4, 0.5) is 0 Å². The maximum atomic E-state index is 12.8. The fourth-order valence-corrected chi connectivity index (χ4v) is 7.95. The van der Waals surface area contributed by atoms with Crippen LogP contribution in [0.25, 0.3) is 0 Å². The van der Waals surface area contributed by atoms with Crippen LogP contribution in [0.1, 0.15) is 252 Å². The van der Waals surface area contributed by atoms with Crippen molar-refractivity contribution in [1.82, 2.24) is 0 Å². The van der Waals surface area contributed by atoms with Crippen molar-refractivity contribution in [1.29, 1.82) is 0 Å². The Morgan fingerprint density at radius 1 is 0.273 bits per heavy atom. The van der Waals surface area contributed by atoms with Crippen molar-refractivity contribution in [3.63, 3.8) is 0 Å². The summed E-state index contributed by atoms with van der Waals surface area (Å²) in [6.07, 6.45) is 93.0. The second-order valence-electron chi connectivity index (χ2n) is 19.9. The van der Waals surface area contributed by atoms with E-state index in [4.69, 9.17) is 14.2 Å². The van der Waals surface area contributed by atoms with Crippen molar-refractivity contribution in [2.75, 3.05) is 13.2 Å². The van der Waals surface area contributed by atoms with E-state index in [1.165, 1.54) is 44.9 Å². The summed E-state index contributed by atoms with van der Waals surface area (Å²) in [6.45, 7) is 6.28. The van der Waals surface area contributed by atoms with E-state index in [9.17, 15) is 14.4 Å². The molecule has 0 N–H and O–H groups in total. The van der Waals surface area contributed by atoms with Crippen LogP contribution in [0.15, 0.2) is 158 Å². The Hall–Kier alpha value is -4.97. The van der Waals surface area contributed by atoms with E-state index in [1.807, 2.05) is 0 Å². The van der Waals surface area contributed by atoms with E-state index < -0.39 is 6.10 Å². The molecule has 0 saturated carbocycles. The zero-order chi connectivity index (χ0) is 55.7. The molecule has 1 unspecified atom stereocenters. The van der Waals surface area contributed by atoms with Crippen LogP contribution in [0, 0.1) is 0 Å². The van der Waals surface area contributed by atoms with E-state index in [1.54, 1.807) is 0 Å². The molecule has 432 valence electrons. The van der Waals surface area contributed by atoms with Crippen LogP contribution >= 0.6 is 0 Å². The molecule has 0 fully saturated rings. The second kappa shape index (κ2) is 63.6. The van der Waals surface area contributed by atoms with Gasteiger partial charge in [-0.15, -0.1) is 0 Å². The second-order valence-corrected chi connectivity index (χ2v) is 19.9. The Morgan fingerprint density at radius 3 is 0.805 bits per heavy atom. The molecule has 0 rings (SSSR count). The van der Waals surface area contributed by atoms with E-state index in [-0.39, 0.29) is 37.5 Å². The predicted octanol–water partition coefficient (Wildman–Crippen LogP) is 21.3. The largest absolute Gasteiger partial charge is 0.462 e. The molecule has 6 heteroatoms. The Kier molecular flexibility index (Phi) is 59.5. The van der Waals surface area contributed by atoms with Gasteiger partial charge in [-0.3, -0.25) is 14.4 Å². The summed E-state index contributed by atoms with van der Waals surface area (Å²) in [5.41, 5.74) is 0. The third-order valence-corrected chi connectivity index (χ3v) is 12.5. The van der Waals surface area contributed by atoms with Gasteiger partial charge in [0.1, 0.15) is 13.2 Å². The predicted molar refractivity (Wildman–Crippen MR) is 334 cm³/mol. The molecule has 0 aliphatic heterocycles. The lowest BCUT2D eigenvalue weighted by molar-refractivity contribution is -0.167. The molecule has 0 aromatic carbocycles. The first-order valence-electron chi connectivity index (χ1n) is 31.0. The smallest absolute Gasteiger partial charge is 0.306 e. The number of ether oxygens (including phenoxy) is 3. The highest BCUT2D eigenvalue weighted by atomic mass is 16.6. The SMILES string of the molecule is CC/C=C\C/C=C\C/C=C\C/C=C\C/C=C\C/C=C\C/C=C\C/C=C\CCCCCCCCCCCCC(=O)OCC(COC(=O)CCCCCCC)OC(=O)CCCCC/C=C\C/C=C\C/C=C\C/C=C\C/C=C\CC. The number of esters is 3. The standard InChI is InChI=1S/C71H112O6/c1-4-7-10-13-15-17-19-21-23-25-27-28-29-30-31-32-33-34-35-36-37-38-39-40-41-42-44-45-47-49-51-53-55-58-61-64-70(73)76-67-68(66-75-69(72)63-60-57-12-9-6-3)77-71(74)65-62-59-56-54-52-50-48-46-43-26-24-22-20-18-16-14-11-8-5-2/h7-8,10-11,15-18,21-24,27-28,30-31,33-34,36-37,39-40,43,46,50,52,68H,4-6,9,12-14,19-20,25-26,29,32,35,38,41-42,44-45,47-49,51,53-67H2,1-3H3/b10-7-,11-8-,17-15-,18-16-,23-21-,24-22-,28-27-,31-30-,34-33-,37-36-,40-39-,46-43-,52-50-. The van der Waals surface area contributed by atoms with E-state index in [2.05, 4.69) is 179 Å². The lowest BCUT2D eigenvalue weighted by atomic mass is 10.1. The number of carbonyl (C=O) groups excluding carboxylic acids is 3. The normalized spacial score (nSPS) is 13.2. The molecule has 0 aliphatic rings. The maximum Gasteiger partial charge on any atom is 0.306 e. The molecule has 0 bridgehead atoms. The van der Waals surface area contributed by atoms with Crippen molar-refractivity contribution in [2.45, 2.75) is 258 Å². The van der Waals surface area contributed by atoms with Crippen LogP contribution in [-0.2, 0) is 28.6 Å². The summed E-state index contributed by atoms with van der Waals surface area (Å²) >= 11 is 0. The minimum absolute atomic E-state index is 0.0982. The maximum absolute atomic E-state index is 12.8. The summed E-state index contributed by atoms with van der Waals surface area (Å²) in [4.78, 5) is 37.9. The van der Waals surface area contributed by atoms with Gasteiger partial charge in [-0.25, -0.2) is 0 Å². The summed E-state index contributed by atoms with van der Waals surface area (Å²) in [6, 6.07) is 0. The minimum atomic E-state index is -0.800. The number of allylic oxidation sites excluding steroid dienone is 26. The van der Waals surface area contributed by atoms with Gasteiger partial charge in [0, 0.05) is 19.3 Å². The molecule has 0 aliphatic carbocycles. The average molecular weight is 1060 g/mol. The van der Waals surface area contributed by atoms with Gasteiger partial charge in [-0.1, -0.05) is 262 Å². The molecule has 6 nitrogen and oxygen atoms in total. The molecule has 0 spiro atoms. The first-order valence-corrected chi connectivity index (χ1v) is 31.0. The van der Waals surface area contributed by atoms with Gasteiger partial charge in [0.25, 0.3) is 0 Å². The fraction of sp³-hybridized carbons (Fsp3) is 0.592. The topological polar surface area (TPSA) is 78.9 Å². The Morgan fingerprint density at radius 2 is 0.506 bits per heavy atom. The first-order chi connectivity index (χ1) is 38.0. The molecule has 0 amide bonds. The van der Waals surface area contributed by atoms with Crippen molar-refractivity contribution in [2.24, 2.45) is 0 Å². The quantitative estimate of drug-likeness (QED) is 0.0261. The third kappa shape index (κ3) is 61.8. The van der Waals surface area contributed by atoms with E-state index >= 15 is 0 Å². The first kappa shape index (κ1) is 72.0. The van der Waals surface area contributed by atoms with Gasteiger partial charge in [-0.2, -0.15) is 0 Å². The van der Waals surface area contributed by atoms with Crippen LogP contribution < -0.4 is 0 Å². The van der Waals surface area contributed by atoms with Gasteiger partial charge in [0.2, 0.25) is 0 Å². The third-order valence-electron chi connectivity index (χ3n) is 12.5. The summed E-state index contributed by atoms with van der Waals surface area (Å²) in [5.74, 6) is -0.955. The molecule has 1 atom stereocenters. The van der Waals surface area contributed by atoms with Gasteiger partial charge in [0.05, 0.1) is 0 Å². The summed E-state index contributed by atoms with van der Waals surface area (Å²) in [7, 11) is 0. The van der Waals surface area contributed by atoms with Gasteiger partial charge >= 0.3 is 17.9 Å². The van der Waals surface area contributed by atoms with Crippen molar-refractivity contribution in [3.05, 3.63) is 158 Å². The number of carbonyl (C=O) groups is 3. The van der Waals surface area contributed by atoms with E-state index in [0.717, 1.165) is 167 Å². The molecule has 77 heavy (non-hydrogen) atoms. The van der Waals surface area contributed by atoms with Crippen molar-refractivity contribution >= 4 is 17.9 Å². The highest BCUT2D eigenvalue weighted by Crippen LogP contribution is 2.14. The molecular formula is C71H112O6. The molecule has 0 heterocycles. The van der Waals surface area contributed by atoms with Gasteiger partial charge in [0.15, 0.2) is 6.10 Å². The van der Waals surface area contributed by atoms with Gasteiger partial charge < -0.3 is 14.2 Å². The summed E-state index contributed by atoms with van der Waals surface area (Å²) in [5, 5.41) is 0. The lowest BCUT2D eigenvalue weighted by Crippen LogP contribution is -2.30. The Bertz CT molecular complexity index is 1740. The van der Waals surface area contributed by atoms with Crippen molar-refractivity contribution in [3.8, 4) is 0 Å². The van der Waals surface area contributed by atoms with Crippen molar-refractivity contribution < 1.29 is 28.6 Å². The Labute approximate surface area is 473 Å². The number of rotatable bonds is 54. The zero-order valence-corrected chi connectivity index (χ0v) is 49.4. The molecule has 0 radical (unpaired) electrons. The van der Waals surface area contributed by atoms with Crippen LogP contribution in [-0.4, -0.2) is 37.2 Å². The van der Waals surface area contributed by atoms with Crippen LogP contribution in [0.2, 0.25) is 0 Å².